The lowest BCUT2D eigenvalue weighted by molar-refractivity contribution is 0.0710. The molecular formula is C33H26BrN3O4. The zero-order valence-corrected chi connectivity index (χ0v) is 24.0. The fourth-order valence-corrected chi connectivity index (χ4v) is 5.65. The van der Waals surface area contributed by atoms with Crippen LogP contribution in [0.25, 0.3) is 22.0 Å². The number of carbonyl (C=O) groups excluding carboxylic acids is 1. The Morgan fingerprint density at radius 3 is 2.20 bits per heavy atom. The van der Waals surface area contributed by atoms with Crippen LogP contribution in [-0.2, 0) is 0 Å². The number of rotatable bonds is 6. The Bertz CT molecular complexity index is 1830. The van der Waals surface area contributed by atoms with Gasteiger partial charge in [0.1, 0.15) is 11.5 Å². The van der Waals surface area contributed by atoms with Crippen LogP contribution in [0.4, 0.5) is 0 Å². The molecule has 204 valence electrons. The molecule has 0 saturated carbocycles. The third-order valence-electron chi connectivity index (χ3n) is 7.23. The highest BCUT2D eigenvalue weighted by molar-refractivity contribution is 9.10. The monoisotopic (exact) mass is 607 g/mol. The maximum atomic E-state index is 14.1. The predicted molar refractivity (Wildman–Crippen MR) is 164 cm³/mol. The van der Waals surface area contributed by atoms with E-state index < -0.39 is 6.04 Å². The lowest BCUT2D eigenvalue weighted by Gasteiger charge is -2.22. The summed E-state index contributed by atoms with van der Waals surface area (Å²) < 4.78 is 11.7. The molecular weight excluding hydrogens is 582 g/mol. The molecule has 7 nitrogen and oxygen atoms in total. The maximum absolute atomic E-state index is 14.1. The van der Waals surface area contributed by atoms with Gasteiger partial charge in [0, 0.05) is 39.0 Å². The topological polar surface area (TPSA) is 84.0 Å². The van der Waals surface area contributed by atoms with Crippen LogP contribution in [0.5, 0.6) is 11.5 Å². The minimum atomic E-state index is -0.419. The molecule has 6 rings (SSSR count). The van der Waals surface area contributed by atoms with Crippen molar-refractivity contribution in [3.8, 4) is 22.6 Å². The summed E-state index contributed by atoms with van der Waals surface area (Å²) in [7, 11) is 3.08. The summed E-state index contributed by atoms with van der Waals surface area (Å²) in [5, 5.41) is 7.21. The smallest absolute Gasteiger partial charge is 0.274 e. The van der Waals surface area contributed by atoms with Crippen molar-refractivity contribution in [2.45, 2.75) is 12.5 Å². The molecule has 8 heteroatoms. The van der Waals surface area contributed by atoms with Gasteiger partial charge in [0.15, 0.2) is 0 Å². The van der Waals surface area contributed by atoms with E-state index in [9.17, 15) is 9.59 Å². The van der Waals surface area contributed by atoms with E-state index >= 15 is 0 Å². The molecule has 1 N–H and O–H groups in total. The molecule has 0 aliphatic carbocycles. The van der Waals surface area contributed by atoms with Gasteiger partial charge in [-0.3, -0.25) is 9.59 Å². The molecule has 1 atom stereocenters. The number of halogens is 1. The molecule has 1 amide bonds. The molecule has 0 radical (unpaired) electrons. The molecule has 0 bridgehead atoms. The van der Waals surface area contributed by atoms with Crippen molar-refractivity contribution in [1.29, 1.82) is 0 Å². The molecule has 0 saturated heterocycles. The normalized spacial score (nSPS) is 14.7. The van der Waals surface area contributed by atoms with E-state index in [0.29, 0.717) is 34.8 Å². The third kappa shape index (κ3) is 5.02. The minimum Gasteiger partial charge on any atom is -0.497 e. The van der Waals surface area contributed by atoms with Gasteiger partial charge in [-0.1, -0.05) is 76.6 Å². The number of carbonyl (C=O) groups is 1. The predicted octanol–water partition coefficient (Wildman–Crippen LogP) is 6.97. The largest absolute Gasteiger partial charge is 0.497 e. The van der Waals surface area contributed by atoms with Gasteiger partial charge in [-0.2, -0.15) is 5.10 Å². The Kier molecular flexibility index (Phi) is 7.15. The summed E-state index contributed by atoms with van der Waals surface area (Å²) in [4.78, 5) is 30.9. The summed E-state index contributed by atoms with van der Waals surface area (Å²) >= 11 is 3.59. The number of methoxy groups -OCH3 is 2. The second-order valence-corrected chi connectivity index (χ2v) is 10.6. The van der Waals surface area contributed by atoms with Gasteiger partial charge in [-0.25, -0.2) is 5.01 Å². The van der Waals surface area contributed by atoms with Crippen LogP contribution in [-0.4, -0.2) is 35.8 Å². The van der Waals surface area contributed by atoms with Crippen LogP contribution in [0.3, 0.4) is 0 Å². The fourth-order valence-electron chi connectivity index (χ4n) is 5.29. The van der Waals surface area contributed by atoms with E-state index in [0.717, 1.165) is 32.1 Å². The molecule has 1 aliphatic heterocycles. The molecule has 0 spiro atoms. The van der Waals surface area contributed by atoms with Gasteiger partial charge in [0.2, 0.25) is 0 Å². The number of nitrogens with one attached hydrogen (secondary N) is 1. The van der Waals surface area contributed by atoms with Crippen LogP contribution >= 0.6 is 15.9 Å². The first kappa shape index (κ1) is 26.5. The summed E-state index contributed by atoms with van der Waals surface area (Å²) in [6.45, 7) is 0. The Labute approximate surface area is 245 Å². The average molecular weight is 608 g/mol. The number of ether oxygens (including phenoxy) is 2. The van der Waals surface area contributed by atoms with Crippen molar-refractivity contribution < 1.29 is 14.3 Å². The highest BCUT2D eigenvalue weighted by atomic mass is 79.9. The van der Waals surface area contributed by atoms with E-state index in [4.69, 9.17) is 14.6 Å². The van der Waals surface area contributed by atoms with E-state index in [1.807, 2.05) is 78.9 Å². The number of hydrazone groups is 1. The standard InChI is InChI=1S/C33H26BrN3O4/c1-40-24-15-22(16-25(18-24)41-2)33(39)37-29(20-9-5-3-6-10-20)19-28(36-37)31-30(21-11-7-4-8-12-21)26-17-23(34)13-14-27(26)35-32(31)38/h3-18,29H,19H2,1-2H3,(H,35,38). The van der Waals surface area contributed by atoms with Crippen LogP contribution < -0.4 is 15.0 Å². The number of aromatic amines is 1. The number of nitrogens with zero attached hydrogens (tertiary/aromatic N) is 2. The second kappa shape index (κ2) is 11.1. The van der Waals surface area contributed by atoms with Crippen molar-refractivity contribution in [2.75, 3.05) is 14.2 Å². The van der Waals surface area contributed by atoms with Crippen molar-refractivity contribution in [1.82, 2.24) is 9.99 Å². The van der Waals surface area contributed by atoms with Crippen LogP contribution in [0, 0.1) is 0 Å². The van der Waals surface area contributed by atoms with Gasteiger partial charge >= 0.3 is 0 Å². The average Bonchev–Trinajstić information content (AvgIpc) is 3.45. The summed E-state index contributed by atoms with van der Waals surface area (Å²) in [6.07, 6.45) is 0.360. The summed E-state index contributed by atoms with van der Waals surface area (Å²) in [5.74, 6) is 0.665. The first-order valence-electron chi connectivity index (χ1n) is 13.1. The van der Waals surface area contributed by atoms with Crippen molar-refractivity contribution >= 4 is 38.5 Å². The van der Waals surface area contributed by atoms with Gasteiger partial charge in [0.25, 0.3) is 11.5 Å². The van der Waals surface area contributed by atoms with E-state index in [-0.39, 0.29) is 11.5 Å². The van der Waals surface area contributed by atoms with E-state index in [1.165, 1.54) is 19.2 Å². The van der Waals surface area contributed by atoms with Crippen LogP contribution in [0.2, 0.25) is 0 Å². The van der Waals surface area contributed by atoms with Gasteiger partial charge in [-0.15, -0.1) is 0 Å². The number of amides is 1. The number of hydrogen-bond acceptors (Lipinski definition) is 5. The fraction of sp³-hybridized carbons (Fsp3) is 0.121. The SMILES string of the molecule is COc1cc(OC)cc(C(=O)N2N=C(c3c(-c4ccccc4)c4cc(Br)ccc4[nH]c3=O)CC2c2ccccc2)c1. The quantitative estimate of drug-likeness (QED) is 0.226. The minimum absolute atomic E-state index is 0.262. The zero-order chi connectivity index (χ0) is 28.5. The van der Waals surface area contributed by atoms with Gasteiger partial charge in [-0.05, 0) is 41.5 Å². The van der Waals surface area contributed by atoms with Crippen molar-refractivity contribution in [3.63, 3.8) is 0 Å². The number of H-pyrrole nitrogens is 1. The van der Waals surface area contributed by atoms with Crippen molar-refractivity contribution in [3.05, 3.63) is 129 Å². The van der Waals surface area contributed by atoms with Crippen molar-refractivity contribution in [2.24, 2.45) is 5.10 Å². The lowest BCUT2D eigenvalue weighted by Crippen LogP contribution is -2.27. The molecule has 0 fully saturated rings. The van der Waals surface area contributed by atoms with E-state index in [1.54, 1.807) is 18.2 Å². The molecule has 1 unspecified atom stereocenters. The number of benzene rings is 4. The Hall–Kier alpha value is -4.69. The number of aromatic nitrogens is 1. The summed E-state index contributed by atoms with van der Waals surface area (Å²) in [6, 6.07) is 29.9. The second-order valence-electron chi connectivity index (χ2n) is 9.69. The third-order valence-corrected chi connectivity index (χ3v) is 7.72. The Balaban J connectivity index is 1.56. The van der Waals surface area contributed by atoms with Crippen LogP contribution in [0.15, 0.2) is 111 Å². The van der Waals surface area contributed by atoms with Crippen LogP contribution in [0.1, 0.15) is 33.9 Å². The highest BCUT2D eigenvalue weighted by Crippen LogP contribution is 2.38. The highest BCUT2D eigenvalue weighted by Gasteiger charge is 2.36. The number of fused-ring (bicyclic) bond motifs is 1. The molecule has 5 aromatic rings. The zero-order valence-electron chi connectivity index (χ0n) is 22.4. The maximum Gasteiger partial charge on any atom is 0.274 e. The Morgan fingerprint density at radius 2 is 1.54 bits per heavy atom. The van der Waals surface area contributed by atoms with E-state index in [2.05, 4.69) is 20.9 Å². The lowest BCUT2D eigenvalue weighted by atomic mass is 9.91. The Morgan fingerprint density at radius 1 is 0.878 bits per heavy atom. The first-order valence-corrected chi connectivity index (χ1v) is 13.9. The molecule has 1 aliphatic rings. The first-order chi connectivity index (χ1) is 20.0. The molecule has 4 aromatic carbocycles. The molecule has 2 heterocycles. The number of pyridine rings is 1. The number of hydrogen-bond donors (Lipinski definition) is 1. The summed E-state index contributed by atoms with van der Waals surface area (Å²) in [5.41, 5.74) is 4.37. The van der Waals surface area contributed by atoms with Gasteiger partial charge in [0.05, 0.1) is 31.5 Å². The van der Waals surface area contributed by atoms with Gasteiger partial charge < -0.3 is 14.5 Å². The molecule has 41 heavy (non-hydrogen) atoms. The molecule has 1 aromatic heterocycles.